The molecular formula is C25H24ClN5O. The molecule has 162 valence electrons. The van der Waals surface area contributed by atoms with E-state index in [0.29, 0.717) is 16.5 Å². The van der Waals surface area contributed by atoms with Crippen molar-refractivity contribution in [2.75, 3.05) is 17.7 Å². The predicted molar refractivity (Wildman–Crippen MR) is 130 cm³/mol. The number of rotatable bonds is 5. The zero-order valence-electron chi connectivity index (χ0n) is 17.8. The summed E-state index contributed by atoms with van der Waals surface area (Å²) in [5, 5.41) is 6.72. The minimum atomic E-state index is 0.0796. The molecule has 0 spiro atoms. The zero-order valence-corrected chi connectivity index (χ0v) is 18.5. The largest absolute Gasteiger partial charge is 0.388 e. The van der Waals surface area contributed by atoms with Gasteiger partial charge in [0.2, 0.25) is 5.91 Å². The lowest BCUT2D eigenvalue weighted by atomic mass is 10.1. The van der Waals surface area contributed by atoms with E-state index >= 15 is 0 Å². The van der Waals surface area contributed by atoms with Crippen LogP contribution in [0.5, 0.6) is 0 Å². The van der Waals surface area contributed by atoms with Crippen molar-refractivity contribution in [1.29, 1.82) is 0 Å². The number of aromatic nitrogens is 3. The van der Waals surface area contributed by atoms with E-state index in [1.807, 2.05) is 43.6 Å². The molecule has 0 bridgehead atoms. The molecule has 1 aliphatic carbocycles. The number of carbonyl (C=O) groups is 1. The number of carbonyl (C=O) groups excluding carboxylic acids is 1. The van der Waals surface area contributed by atoms with Crippen LogP contribution >= 0.6 is 11.6 Å². The summed E-state index contributed by atoms with van der Waals surface area (Å²) in [6.07, 6.45) is 5.99. The number of nitrogens with one attached hydrogen (secondary N) is 3. The van der Waals surface area contributed by atoms with Gasteiger partial charge >= 0.3 is 0 Å². The molecule has 4 aromatic rings. The molecule has 0 saturated heterocycles. The van der Waals surface area contributed by atoms with Gasteiger partial charge in [-0.05, 0) is 54.8 Å². The van der Waals surface area contributed by atoms with Crippen LogP contribution < -0.4 is 10.6 Å². The second-order valence-corrected chi connectivity index (χ2v) is 8.58. The molecule has 7 heteroatoms. The molecule has 0 radical (unpaired) electrons. The predicted octanol–water partition coefficient (Wildman–Crippen LogP) is 6.12. The summed E-state index contributed by atoms with van der Waals surface area (Å²) in [6, 6.07) is 15.7. The highest BCUT2D eigenvalue weighted by atomic mass is 35.5. The number of benzene rings is 2. The molecule has 1 fully saturated rings. The van der Waals surface area contributed by atoms with Gasteiger partial charge in [0.25, 0.3) is 0 Å². The maximum atomic E-state index is 12.5. The number of nitrogens with zero attached hydrogens (tertiary/aromatic N) is 2. The van der Waals surface area contributed by atoms with Crippen LogP contribution in [0.15, 0.2) is 54.7 Å². The van der Waals surface area contributed by atoms with Gasteiger partial charge in [-0.15, -0.1) is 0 Å². The monoisotopic (exact) mass is 445 g/mol. The summed E-state index contributed by atoms with van der Waals surface area (Å²) in [6.45, 7) is 0. The lowest BCUT2D eigenvalue weighted by Gasteiger charge is -2.11. The Kier molecular flexibility index (Phi) is 5.53. The van der Waals surface area contributed by atoms with Crippen molar-refractivity contribution in [3.8, 4) is 22.5 Å². The fourth-order valence-corrected chi connectivity index (χ4v) is 4.44. The molecule has 2 aromatic heterocycles. The van der Waals surface area contributed by atoms with Crippen LogP contribution in [0, 0.1) is 5.92 Å². The minimum Gasteiger partial charge on any atom is -0.388 e. The Bertz CT molecular complexity index is 1280. The lowest BCUT2D eigenvalue weighted by Crippen LogP contribution is -2.20. The third kappa shape index (κ3) is 4.06. The molecule has 3 N–H and O–H groups in total. The van der Waals surface area contributed by atoms with Crippen LogP contribution in [0.4, 0.5) is 11.4 Å². The molecule has 32 heavy (non-hydrogen) atoms. The molecular weight excluding hydrogens is 422 g/mol. The molecule has 1 saturated carbocycles. The smallest absolute Gasteiger partial charge is 0.227 e. The van der Waals surface area contributed by atoms with Crippen LogP contribution in [-0.4, -0.2) is 27.9 Å². The Morgan fingerprint density at radius 1 is 1.03 bits per heavy atom. The van der Waals surface area contributed by atoms with E-state index in [1.165, 1.54) is 0 Å². The first-order valence-corrected chi connectivity index (χ1v) is 11.2. The zero-order chi connectivity index (χ0) is 22.1. The van der Waals surface area contributed by atoms with E-state index in [9.17, 15) is 4.79 Å². The Balaban J connectivity index is 1.44. The van der Waals surface area contributed by atoms with E-state index in [4.69, 9.17) is 11.6 Å². The van der Waals surface area contributed by atoms with Crippen LogP contribution in [0.3, 0.4) is 0 Å². The van der Waals surface area contributed by atoms with Gasteiger partial charge in [-0.2, -0.15) is 0 Å². The number of anilines is 2. The standard InChI is InChI=1S/C25H24ClN5O/c1-27-18-8-6-15(7-9-18)17-12-22-24(28-14-17)31-23(30-22)20-13-19(10-11-21(20)26)29-25(32)16-4-2-3-5-16/h6-14,16,27H,2-5H2,1H3,(H,29,32)(H,28,30,31). The Morgan fingerprint density at radius 3 is 2.53 bits per heavy atom. The summed E-state index contributed by atoms with van der Waals surface area (Å²) in [7, 11) is 1.90. The number of fused-ring (bicyclic) bond motifs is 1. The topological polar surface area (TPSA) is 82.7 Å². The van der Waals surface area contributed by atoms with Crippen molar-refractivity contribution < 1.29 is 4.79 Å². The SMILES string of the molecule is CNc1ccc(-c2cnc3nc(-c4cc(NC(=O)C5CCCC5)ccc4Cl)[nH]c3c2)cc1. The highest BCUT2D eigenvalue weighted by Gasteiger charge is 2.23. The van der Waals surface area contributed by atoms with E-state index in [-0.39, 0.29) is 11.8 Å². The number of halogens is 1. The van der Waals surface area contributed by atoms with E-state index in [2.05, 4.69) is 37.7 Å². The summed E-state index contributed by atoms with van der Waals surface area (Å²) in [4.78, 5) is 25.0. The van der Waals surface area contributed by atoms with Crippen molar-refractivity contribution in [3.05, 3.63) is 59.8 Å². The van der Waals surface area contributed by atoms with Gasteiger partial charge in [-0.1, -0.05) is 36.6 Å². The third-order valence-electron chi connectivity index (χ3n) is 6.06. The van der Waals surface area contributed by atoms with Crippen LogP contribution in [0.2, 0.25) is 5.02 Å². The maximum absolute atomic E-state index is 12.5. The Labute approximate surface area is 191 Å². The Morgan fingerprint density at radius 2 is 1.78 bits per heavy atom. The molecule has 0 unspecified atom stereocenters. The van der Waals surface area contributed by atoms with Gasteiger partial charge in [0.1, 0.15) is 5.82 Å². The molecule has 1 amide bonds. The first-order valence-electron chi connectivity index (χ1n) is 10.9. The summed E-state index contributed by atoms with van der Waals surface area (Å²) < 4.78 is 0. The molecule has 2 aromatic carbocycles. The number of imidazole rings is 1. The fraction of sp³-hybridized carbons (Fsp3) is 0.240. The number of hydrogen-bond donors (Lipinski definition) is 3. The van der Waals surface area contributed by atoms with Gasteiger partial charge in [0.15, 0.2) is 5.65 Å². The number of hydrogen-bond acceptors (Lipinski definition) is 4. The fourth-order valence-electron chi connectivity index (χ4n) is 4.23. The first kappa shape index (κ1) is 20.5. The van der Waals surface area contributed by atoms with E-state index < -0.39 is 0 Å². The van der Waals surface area contributed by atoms with Crippen molar-refractivity contribution in [2.24, 2.45) is 5.92 Å². The lowest BCUT2D eigenvalue weighted by molar-refractivity contribution is -0.119. The molecule has 6 nitrogen and oxygen atoms in total. The number of amides is 1. The van der Waals surface area contributed by atoms with Crippen molar-refractivity contribution in [3.63, 3.8) is 0 Å². The maximum Gasteiger partial charge on any atom is 0.227 e. The summed E-state index contributed by atoms with van der Waals surface area (Å²) >= 11 is 6.48. The normalized spacial score (nSPS) is 14.1. The second-order valence-electron chi connectivity index (χ2n) is 8.17. The summed E-state index contributed by atoms with van der Waals surface area (Å²) in [5.74, 6) is 0.804. The van der Waals surface area contributed by atoms with Crippen LogP contribution in [0.25, 0.3) is 33.7 Å². The minimum absolute atomic E-state index is 0.0796. The van der Waals surface area contributed by atoms with Gasteiger partial charge in [-0.25, -0.2) is 9.97 Å². The Hall–Kier alpha value is -3.38. The van der Waals surface area contributed by atoms with Crippen molar-refractivity contribution >= 4 is 40.0 Å². The molecule has 0 aliphatic heterocycles. The quantitative estimate of drug-likeness (QED) is 0.345. The summed E-state index contributed by atoms with van der Waals surface area (Å²) in [5.41, 5.74) is 6.02. The highest BCUT2D eigenvalue weighted by Crippen LogP contribution is 2.32. The number of H-pyrrole nitrogens is 1. The van der Waals surface area contributed by atoms with Gasteiger partial charge in [0.05, 0.1) is 10.5 Å². The number of pyridine rings is 1. The number of aromatic amines is 1. The van der Waals surface area contributed by atoms with Gasteiger partial charge < -0.3 is 15.6 Å². The van der Waals surface area contributed by atoms with E-state index in [0.717, 1.165) is 59.3 Å². The average Bonchev–Trinajstić information content (AvgIpc) is 3.50. The van der Waals surface area contributed by atoms with Crippen LogP contribution in [-0.2, 0) is 4.79 Å². The first-order chi connectivity index (χ1) is 15.6. The molecule has 5 rings (SSSR count). The van der Waals surface area contributed by atoms with Crippen LogP contribution in [0.1, 0.15) is 25.7 Å². The molecule has 1 aliphatic rings. The molecule has 2 heterocycles. The van der Waals surface area contributed by atoms with Gasteiger partial charge in [-0.3, -0.25) is 4.79 Å². The van der Waals surface area contributed by atoms with Crippen molar-refractivity contribution in [2.45, 2.75) is 25.7 Å². The van der Waals surface area contributed by atoms with Gasteiger partial charge in [0, 0.05) is 41.7 Å². The third-order valence-corrected chi connectivity index (χ3v) is 6.39. The van der Waals surface area contributed by atoms with Crippen molar-refractivity contribution in [1.82, 2.24) is 15.0 Å². The second kappa shape index (κ2) is 8.63. The van der Waals surface area contributed by atoms with E-state index in [1.54, 1.807) is 6.07 Å². The molecule has 0 atom stereocenters. The average molecular weight is 446 g/mol. The highest BCUT2D eigenvalue weighted by molar-refractivity contribution is 6.33.